The third-order valence-electron chi connectivity index (χ3n) is 6.40. The Labute approximate surface area is 239 Å². The summed E-state index contributed by atoms with van der Waals surface area (Å²) in [6.45, 7) is 15.8. The lowest BCUT2D eigenvalue weighted by atomic mass is 9.85. The minimum atomic E-state index is -0.543. The predicted octanol–water partition coefficient (Wildman–Crippen LogP) is 8.01. The lowest BCUT2D eigenvalue weighted by Crippen LogP contribution is -2.26. The molecule has 0 saturated carbocycles. The fourth-order valence-corrected chi connectivity index (χ4v) is 7.13. The van der Waals surface area contributed by atoms with Crippen molar-refractivity contribution in [2.24, 2.45) is 5.92 Å². The van der Waals surface area contributed by atoms with Gasteiger partial charge in [0.15, 0.2) is 10.9 Å². The Bertz CT molecular complexity index is 1370. The zero-order valence-electron chi connectivity index (χ0n) is 23.7. The highest BCUT2D eigenvalue weighted by molar-refractivity contribution is 7.99. The molecular weight excluding hydrogens is 526 g/mol. The summed E-state index contributed by atoms with van der Waals surface area (Å²) in [7, 11) is 0. The summed E-state index contributed by atoms with van der Waals surface area (Å²) in [6, 6.07) is 17.5. The van der Waals surface area contributed by atoms with Crippen LogP contribution in [0.3, 0.4) is 0 Å². The number of aryl methyl sites for hydroxylation is 2. The molecule has 2 aromatic carbocycles. The molecule has 1 unspecified atom stereocenters. The van der Waals surface area contributed by atoms with Gasteiger partial charge in [-0.3, -0.25) is 0 Å². The topological polar surface area (TPSA) is 92.8 Å². The molecule has 0 saturated heterocycles. The smallest absolute Gasteiger partial charge is 0.399 e. The number of hydrogen-bond donors (Lipinski definition) is 2. The molecule has 1 amide bonds. The Morgan fingerprint density at radius 1 is 1.08 bits per heavy atom. The molecule has 2 aromatic heterocycles. The first-order valence-corrected chi connectivity index (χ1v) is 14.9. The standard InChI is InChI=1S/C30H37N5O2S2/c1-18(2)14-25(24-12-13-27(39-24)37-29(36)31-17-26-32-34-35-33-26)38-23-15-19(3)28(20(4)16-23)21-8-10-22(11-9-21)30(5,6)7/h8-13,15-16,18,25H,14,17H2,1-7H3,(H,31,36)(H,32,33,34,35). The molecule has 0 radical (unpaired) electrons. The van der Waals surface area contributed by atoms with Crippen molar-refractivity contribution < 1.29 is 9.53 Å². The normalized spacial score (nSPS) is 12.5. The van der Waals surface area contributed by atoms with Gasteiger partial charge in [0.05, 0.1) is 6.54 Å². The number of nitrogens with one attached hydrogen (secondary N) is 2. The Morgan fingerprint density at radius 2 is 1.77 bits per heavy atom. The highest BCUT2D eigenvalue weighted by Gasteiger charge is 2.20. The second kappa shape index (κ2) is 12.3. The molecule has 4 rings (SSSR count). The summed E-state index contributed by atoms with van der Waals surface area (Å²) in [5.41, 5.74) is 6.59. The van der Waals surface area contributed by atoms with E-state index in [-0.39, 0.29) is 17.2 Å². The lowest BCUT2D eigenvalue weighted by Gasteiger charge is -2.21. The van der Waals surface area contributed by atoms with Crippen molar-refractivity contribution in [3.8, 4) is 16.2 Å². The molecule has 39 heavy (non-hydrogen) atoms. The Morgan fingerprint density at radius 3 is 2.36 bits per heavy atom. The van der Waals surface area contributed by atoms with Crippen LogP contribution in [-0.4, -0.2) is 26.7 Å². The van der Waals surface area contributed by atoms with E-state index in [9.17, 15) is 4.79 Å². The number of amides is 1. The van der Waals surface area contributed by atoms with Crippen LogP contribution in [0.2, 0.25) is 0 Å². The summed E-state index contributed by atoms with van der Waals surface area (Å²) in [5.74, 6) is 0.917. The predicted molar refractivity (Wildman–Crippen MR) is 159 cm³/mol. The van der Waals surface area contributed by atoms with Crippen LogP contribution in [-0.2, 0) is 12.0 Å². The molecule has 0 bridgehead atoms. The number of tetrazole rings is 1. The molecule has 1 atom stereocenters. The van der Waals surface area contributed by atoms with Crippen molar-refractivity contribution in [1.29, 1.82) is 0 Å². The molecule has 4 aromatic rings. The molecule has 0 fully saturated rings. The van der Waals surface area contributed by atoms with Crippen LogP contribution in [0, 0.1) is 19.8 Å². The van der Waals surface area contributed by atoms with Gasteiger partial charge in [-0.25, -0.2) is 4.79 Å². The van der Waals surface area contributed by atoms with Crippen LogP contribution in [0.1, 0.15) is 73.7 Å². The number of thiophene rings is 1. The zero-order chi connectivity index (χ0) is 28.2. The first-order valence-electron chi connectivity index (χ1n) is 13.2. The highest BCUT2D eigenvalue weighted by Crippen LogP contribution is 2.45. The third-order valence-corrected chi connectivity index (χ3v) is 8.87. The largest absolute Gasteiger partial charge is 0.413 e. The Balaban J connectivity index is 1.48. The monoisotopic (exact) mass is 563 g/mol. The number of benzene rings is 2. The van der Waals surface area contributed by atoms with Gasteiger partial charge in [0, 0.05) is 15.0 Å². The van der Waals surface area contributed by atoms with Crippen molar-refractivity contribution in [2.45, 2.75) is 77.0 Å². The lowest BCUT2D eigenvalue weighted by molar-refractivity contribution is 0.201. The number of thioether (sulfide) groups is 1. The van der Waals surface area contributed by atoms with E-state index in [4.69, 9.17) is 4.74 Å². The summed E-state index contributed by atoms with van der Waals surface area (Å²) >= 11 is 3.39. The summed E-state index contributed by atoms with van der Waals surface area (Å²) in [6.07, 6.45) is 0.474. The SMILES string of the molecule is Cc1cc(SC(CC(C)C)c2ccc(OC(=O)NCc3nn[nH]n3)s2)cc(C)c1-c1ccc(C(C)(C)C)cc1. The second-order valence-corrected chi connectivity index (χ2v) is 13.6. The quantitative estimate of drug-likeness (QED) is 0.200. The van der Waals surface area contributed by atoms with Gasteiger partial charge in [-0.05, 0) is 83.7 Å². The van der Waals surface area contributed by atoms with E-state index in [1.54, 1.807) is 0 Å². The fourth-order valence-electron chi connectivity index (χ4n) is 4.50. The molecule has 0 aliphatic carbocycles. The van der Waals surface area contributed by atoms with Gasteiger partial charge < -0.3 is 10.1 Å². The second-order valence-electron chi connectivity index (χ2n) is 11.2. The van der Waals surface area contributed by atoms with Crippen molar-refractivity contribution in [2.75, 3.05) is 0 Å². The zero-order valence-corrected chi connectivity index (χ0v) is 25.3. The van der Waals surface area contributed by atoms with Gasteiger partial charge in [-0.1, -0.05) is 64.1 Å². The summed E-state index contributed by atoms with van der Waals surface area (Å²) in [4.78, 5) is 14.7. The van der Waals surface area contributed by atoms with E-state index in [0.29, 0.717) is 16.8 Å². The van der Waals surface area contributed by atoms with Crippen LogP contribution < -0.4 is 10.1 Å². The van der Waals surface area contributed by atoms with Crippen LogP contribution in [0.5, 0.6) is 5.06 Å². The van der Waals surface area contributed by atoms with Crippen LogP contribution >= 0.6 is 23.1 Å². The molecule has 0 spiro atoms. The van der Waals surface area contributed by atoms with Crippen LogP contribution in [0.15, 0.2) is 53.4 Å². The van der Waals surface area contributed by atoms with E-state index < -0.39 is 6.09 Å². The first kappa shape index (κ1) is 28.8. The number of carbonyl (C=O) groups excluding carboxylic acids is 1. The number of H-pyrrole nitrogens is 1. The maximum atomic E-state index is 12.2. The number of rotatable bonds is 9. The van der Waals surface area contributed by atoms with Gasteiger partial charge in [-0.2, -0.15) is 5.21 Å². The van der Waals surface area contributed by atoms with E-state index in [2.05, 4.69) is 117 Å². The number of aromatic nitrogens is 4. The number of aromatic amines is 1. The van der Waals surface area contributed by atoms with E-state index in [1.807, 2.05) is 17.8 Å². The fraction of sp³-hybridized carbons (Fsp3) is 0.400. The van der Waals surface area contributed by atoms with Crippen molar-refractivity contribution in [1.82, 2.24) is 25.9 Å². The Kier molecular flexibility index (Phi) is 9.12. The van der Waals surface area contributed by atoms with Gasteiger partial charge >= 0.3 is 6.09 Å². The van der Waals surface area contributed by atoms with Crippen molar-refractivity contribution in [3.63, 3.8) is 0 Å². The van der Waals surface area contributed by atoms with Crippen LogP contribution in [0.25, 0.3) is 11.1 Å². The number of hydrogen-bond acceptors (Lipinski definition) is 7. The van der Waals surface area contributed by atoms with Crippen molar-refractivity contribution in [3.05, 3.63) is 75.9 Å². The average molecular weight is 564 g/mol. The summed E-state index contributed by atoms with van der Waals surface area (Å²) < 4.78 is 5.50. The molecule has 0 aliphatic heterocycles. The molecule has 7 nitrogen and oxygen atoms in total. The van der Waals surface area contributed by atoms with Crippen molar-refractivity contribution >= 4 is 29.2 Å². The molecule has 206 valence electrons. The van der Waals surface area contributed by atoms with E-state index >= 15 is 0 Å². The minimum Gasteiger partial charge on any atom is -0.399 e. The highest BCUT2D eigenvalue weighted by atomic mass is 32.2. The first-order chi connectivity index (χ1) is 18.5. The van der Waals surface area contributed by atoms with Gasteiger partial charge in [0.2, 0.25) is 0 Å². The third kappa shape index (κ3) is 7.70. The molecule has 2 N–H and O–H groups in total. The number of nitrogens with zero attached hydrogens (tertiary/aromatic N) is 3. The number of carbonyl (C=O) groups is 1. The van der Waals surface area contributed by atoms with Gasteiger partial charge in [0.1, 0.15) is 0 Å². The van der Waals surface area contributed by atoms with E-state index in [0.717, 1.165) is 6.42 Å². The minimum absolute atomic E-state index is 0.139. The molecule has 9 heteroatoms. The average Bonchev–Trinajstić information content (AvgIpc) is 3.54. The van der Waals surface area contributed by atoms with Gasteiger partial charge in [-0.15, -0.1) is 33.3 Å². The molecule has 0 aliphatic rings. The molecule has 2 heterocycles. The van der Waals surface area contributed by atoms with E-state index in [1.165, 1.54) is 48.9 Å². The van der Waals surface area contributed by atoms with Gasteiger partial charge in [0.25, 0.3) is 0 Å². The molecular formula is C30H37N5O2S2. The Hall–Kier alpha value is -3.17. The van der Waals surface area contributed by atoms with Crippen LogP contribution in [0.4, 0.5) is 4.79 Å². The summed E-state index contributed by atoms with van der Waals surface area (Å²) in [5, 5.41) is 16.9. The maximum Gasteiger partial charge on any atom is 0.413 e. The maximum absolute atomic E-state index is 12.2. The number of ether oxygens (including phenoxy) is 1.